The molecular weight excluding hydrogens is 369 g/mol. The maximum absolute atomic E-state index is 14.0. The Bertz CT molecular complexity index is 793. The van der Waals surface area contributed by atoms with Crippen LogP contribution >= 0.6 is 11.6 Å². The molecule has 1 amide bonds. The summed E-state index contributed by atoms with van der Waals surface area (Å²) in [6.07, 6.45) is 0.916. The Morgan fingerprint density at radius 2 is 1.85 bits per heavy atom. The largest absolute Gasteiger partial charge is 0.466 e. The molecule has 0 bridgehead atoms. The van der Waals surface area contributed by atoms with Crippen molar-refractivity contribution in [2.45, 2.75) is 39.2 Å². The van der Waals surface area contributed by atoms with Gasteiger partial charge in [0, 0.05) is 23.0 Å². The van der Waals surface area contributed by atoms with E-state index in [1.54, 1.807) is 32.0 Å². The van der Waals surface area contributed by atoms with Gasteiger partial charge in [0.1, 0.15) is 5.82 Å². The number of amides is 1. The molecule has 0 radical (unpaired) electrons. The number of benzene rings is 2. The lowest BCUT2D eigenvalue weighted by Crippen LogP contribution is -2.38. The Labute approximate surface area is 163 Å². The normalized spacial score (nSPS) is 11.7. The molecule has 27 heavy (non-hydrogen) atoms. The van der Waals surface area contributed by atoms with Crippen LogP contribution in [0.2, 0.25) is 5.02 Å². The van der Waals surface area contributed by atoms with E-state index in [4.69, 9.17) is 16.3 Å². The van der Waals surface area contributed by atoms with Crippen LogP contribution in [0.3, 0.4) is 0 Å². The molecular formula is C21H23ClFNO3. The summed E-state index contributed by atoms with van der Waals surface area (Å²) < 4.78 is 19.0. The fourth-order valence-corrected chi connectivity index (χ4v) is 2.92. The van der Waals surface area contributed by atoms with Gasteiger partial charge in [-0.3, -0.25) is 9.59 Å². The van der Waals surface area contributed by atoms with E-state index in [-0.39, 0.29) is 30.2 Å². The van der Waals surface area contributed by atoms with E-state index in [1.165, 1.54) is 12.1 Å². The average Bonchev–Trinajstić information content (AvgIpc) is 2.64. The smallest absolute Gasteiger partial charge is 0.307 e. The molecule has 0 aromatic heterocycles. The van der Waals surface area contributed by atoms with Gasteiger partial charge in [0.15, 0.2) is 0 Å². The zero-order valence-electron chi connectivity index (χ0n) is 15.4. The second-order valence-corrected chi connectivity index (χ2v) is 6.59. The van der Waals surface area contributed by atoms with Crippen LogP contribution in [-0.4, -0.2) is 24.5 Å². The summed E-state index contributed by atoms with van der Waals surface area (Å²) >= 11 is 5.95. The number of carbonyl (C=O) groups is 2. The molecule has 2 rings (SSSR count). The Hall–Kier alpha value is -2.40. The summed E-state index contributed by atoms with van der Waals surface area (Å²) in [5.41, 5.74) is 2.06. The van der Waals surface area contributed by atoms with Gasteiger partial charge in [-0.15, -0.1) is 0 Å². The Kier molecular flexibility index (Phi) is 7.80. The van der Waals surface area contributed by atoms with Crippen LogP contribution in [0.15, 0.2) is 42.5 Å². The third-order valence-electron chi connectivity index (χ3n) is 4.08. The number of hydrogen-bond donors (Lipinski definition) is 1. The lowest BCUT2D eigenvalue weighted by molar-refractivity contribution is -0.143. The maximum Gasteiger partial charge on any atom is 0.307 e. The van der Waals surface area contributed by atoms with Crippen molar-refractivity contribution >= 4 is 23.5 Å². The van der Waals surface area contributed by atoms with Gasteiger partial charge in [-0.1, -0.05) is 42.8 Å². The molecule has 0 aliphatic heterocycles. The topological polar surface area (TPSA) is 55.4 Å². The highest BCUT2D eigenvalue weighted by atomic mass is 35.5. The Balaban J connectivity index is 2.14. The summed E-state index contributed by atoms with van der Waals surface area (Å²) in [5.74, 6) is -0.819. The minimum absolute atomic E-state index is 0.101. The van der Waals surface area contributed by atoms with Crippen molar-refractivity contribution in [1.29, 1.82) is 0 Å². The molecule has 1 N–H and O–H groups in total. The molecule has 0 aliphatic carbocycles. The zero-order chi connectivity index (χ0) is 19.8. The SMILES string of the molecule is CCOC(=O)CC(Cc1ccc(-c2cc(Cl)ccc2F)cc1)NC(=O)CC. The van der Waals surface area contributed by atoms with E-state index in [9.17, 15) is 14.0 Å². The number of carbonyl (C=O) groups excluding carboxylic acids is 2. The fraction of sp³-hybridized carbons (Fsp3) is 0.333. The van der Waals surface area contributed by atoms with E-state index in [1.807, 2.05) is 12.1 Å². The average molecular weight is 392 g/mol. The maximum atomic E-state index is 14.0. The first kappa shape index (κ1) is 20.9. The minimum atomic E-state index is -0.356. The van der Waals surface area contributed by atoms with Crippen molar-refractivity contribution < 1.29 is 18.7 Å². The monoisotopic (exact) mass is 391 g/mol. The summed E-state index contributed by atoms with van der Waals surface area (Å²) in [5, 5.41) is 3.32. The highest BCUT2D eigenvalue weighted by molar-refractivity contribution is 6.30. The van der Waals surface area contributed by atoms with Gasteiger partial charge in [0.2, 0.25) is 5.91 Å². The number of hydrogen-bond acceptors (Lipinski definition) is 3. The number of esters is 1. The number of halogens is 2. The van der Waals surface area contributed by atoms with Gasteiger partial charge < -0.3 is 10.1 Å². The molecule has 1 unspecified atom stereocenters. The molecule has 4 nitrogen and oxygen atoms in total. The molecule has 0 saturated carbocycles. The van der Waals surface area contributed by atoms with E-state index < -0.39 is 0 Å². The van der Waals surface area contributed by atoms with Crippen LogP contribution in [0.4, 0.5) is 4.39 Å². The van der Waals surface area contributed by atoms with Crippen LogP contribution in [0, 0.1) is 5.82 Å². The third-order valence-corrected chi connectivity index (χ3v) is 4.32. The highest BCUT2D eigenvalue weighted by Gasteiger charge is 2.17. The lowest BCUT2D eigenvalue weighted by atomic mass is 9.99. The van der Waals surface area contributed by atoms with Crippen LogP contribution in [0.5, 0.6) is 0 Å². The predicted molar refractivity (Wildman–Crippen MR) is 104 cm³/mol. The second-order valence-electron chi connectivity index (χ2n) is 6.15. The molecule has 0 saturated heterocycles. The van der Waals surface area contributed by atoms with Crippen molar-refractivity contribution in [3.8, 4) is 11.1 Å². The first-order valence-electron chi connectivity index (χ1n) is 8.92. The molecule has 0 aliphatic rings. The van der Waals surface area contributed by atoms with Crippen molar-refractivity contribution in [2.24, 2.45) is 0 Å². The van der Waals surface area contributed by atoms with Crippen molar-refractivity contribution in [2.75, 3.05) is 6.61 Å². The van der Waals surface area contributed by atoms with Crippen molar-refractivity contribution in [1.82, 2.24) is 5.32 Å². The number of ether oxygens (including phenoxy) is 1. The molecule has 1 atom stereocenters. The van der Waals surface area contributed by atoms with Gasteiger partial charge in [-0.25, -0.2) is 4.39 Å². The first-order chi connectivity index (χ1) is 12.9. The number of rotatable bonds is 8. The molecule has 0 spiro atoms. The molecule has 144 valence electrons. The standard InChI is InChI=1S/C21H23ClFNO3/c1-3-20(25)24-17(13-21(26)27-4-2)11-14-5-7-15(8-6-14)18-12-16(22)9-10-19(18)23/h5-10,12,17H,3-4,11,13H2,1-2H3,(H,24,25). The summed E-state index contributed by atoms with van der Waals surface area (Å²) in [6, 6.07) is 11.4. The van der Waals surface area contributed by atoms with E-state index in [0.717, 1.165) is 5.56 Å². The Morgan fingerprint density at radius 3 is 2.48 bits per heavy atom. The van der Waals surface area contributed by atoms with Crippen LogP contribution in [0.25, 0.3) is 11.1 Å². The molecule has 0 heterocycles. The fourth-order valence-electron chi connectivity index (χ4n) is 2.75. The van der Waals surface area contributed by atoms with Crippen molar-refractivity contribution in [3.63, 3.8) is 0 Å². The lowest BCUT2D eigenvalue weighted by Gasteiger charge is -2.18. The number of nitrogens with one attached hydrogen (secondary N) is 1. The zero-order valence-corrected chi connectivity index (χ0v) is 16.2. The minimum Gasteiger partial charge on any atom is -0.466 e. The van der Waals surface area contributed by atoms with Crippen LogP contribution < -0.4 is 5.32 Å². The van der Waals surface area contributed by atoms with Gasteiger partial charge in [-0.05, 0) is 42.7 Å². The molecule has 2 aromatic carbocycles. The van der Waals surface area contributed by atoms with Crippen LogP contribution in [0.1, 0.15) is 32.3 Å². The quantitative estimate of drug-likeness (QED) is 0.672. The second kappa shape index (κ2) is 10.1. The van der Waals surface area contributed by atoms with E-state index in [0.29, 0.717) is 35.6 Å². The van der Waals surface area contributed by atoms with Gasteiger partial charge in [0.25, 0.3) is 0 Å². The molecule has 6 heteroatoms. The molecule has 2 aromatic rings. The summed E-state index contributed by atoms with van der Waals surface area (Å²) in [6.45, 7) is 3.80. The van der Waals surface area contributed by atoms with E-state index >= 15 is 0 Å². The third kappa shape index (κ3) is 6.36. The van der Waals surface area contributed by atoms with Gasteiger partial charge in [0.05, 0.1) is 13.0 Å². The first-order valence-corrected chi connectivity index (χ1v) is 9.30. The Morgan fingerprint density at radius 1 is 1.15 bits per heavy atom. The summed E-state index contributed by atoms with van der Waals surface area (Å²) in [4.78, 5) is 23.5. The highest BCUT2D eigenvalue weighted by Crippen LogP contribution is 2.26. The van der Waals surface area contributed by atoms with Gasteiger partial charge >= 0.3 is 5.97 Å². The molecule has 0 fully saturated rings. The van der Waals surface area contributed by atoms with E-state index in [2.05, 4.69) is 5.32 Å². The van der Waals surface area contributed by atoms with Gasteiger partial charge in [-0.2, -0.15) is 0 Å². The predicted octanol–water partition coefficient (Wildman–Crippen LogP) is 4.54. The van der Waals surface area contributed by atoms with Crippen LogP contribution in [-0.2, 0) is 20.7 Å². The van der Waals surface area contributed by atoms with Crippen molar-refractivity contribution in [3.05, 3.63) is 58.9 Å². The summed E-state index contributed by atoms with van der Waals surface area (Å²) in [7, 11) is 0.